The molecule has 1 aromatic carbocycles. The lowest BCUT2D eigenvalue weighted by molar-refractivity contribution is 0.0954. The molecule has 0 bridgehead atoms. The minimum Gasteiger partial charge on any atom is -0.497 e. The first-order chi connectivity index (χ1) is 10.1. The zero-order valence-electron chi connectivity index (χ0n) is 12.9. The van der Waals surface area contributed by atoms with Crippen molar-refractivity contribution in [2.45, 2.75) is 13.8 Å². The molecule has 0 aromatic heterocycles. The number of guanidine groups is 1. The van der Waals surface area contributed by atoms with Gasteiger partial charge in [0.1, 0.15) is 5.75 Å². The number of carbonyl (C=O) groups excluding carboxylic acids is 1. The summed E-state index contributed by atoms with van der Waals surface area (Å²) >= 11 is 0. The Morgan fingerprint density at radius 2 is 2.10 bits per heavy atom. The fraction of sp³-hybridized carbons (Fsp3) is 0.467. The quantitative estimate of drug-likeness (QED) is 0.448. The number of rotatable bonds is 7. The Morgan fingerprint density at radius 1 is 1.38 bits per heavy atom. The molecule has 0 radical (unpaired) electrons. The number of ether oxygens (including phenoxy) is 1. The molecule has 6 heteroatoms. The molecule has 1 aromatic rings. The Kier molecular flexibility index (Phi) is 7.08. The highest BCUT2D eigenvalue weighted by Gasteiger charge is 2.06. The fourth-order valence-corrected chi connectivity index (χ4v) is 1.85. The van der Waals surface area contributed by atoms with Gasteiger partial charge in [-0.2, -0.15) is 0 Å². The molecule has 0 atom stereocenters. The van der Waals surface area contributed by atoms with Crippen LogP contribution < -0.4 is 15.8 Å². The van der Waals surface area contributed by atoms with E-state index in [-0.39, 0.29) is 5.91 Å². The van der Waals surface area contributed by atoms with Crippen LogP contribution in [0, 0.1) is 0 Å². The van der Waals surface area contributed by atoms with E-state index in [1.54, 1.807) is 31.4 Å². The molecule has 1 amide bonds. The molecule has 0 saturated carbocycles. The van der Waals surface area contributed by atoms with E-state index in [2.05, 4.69) is 10.3 Å². The largest absolute Gasteiger partial charge is 0.497 e. The zero-order chi connectivity index (χ0) is 15.7. The van der Waals surface area contributed by atoms with Crippen LogP contribution in [0.4, 0.5) is 0 Å². The van der Waals surface area contributed by atoms with E-state index in [0.29, 0.717) is 30.4 Å². The molecule has 6 nitrogen and oxygen atoms in total. The predicted octanol–water partition coefficient (Wildman–Crippen LogP) is 1.08. The first-order valence-electron chi connectivity index (χ1n) is 7.09. The molecule has 0 spiro atoms. The molecule has 0 aliphatic heterocycles. The summed E-state index contributed by atoms with van der Waals surface area (Å²) < 4.78 is 5.09. The Labute approximate surface area is 126 Å². The van der Waals surface area contributed by atoms with Crippen LogP contribution in [0.2, 0.25) is 0 Å². The molecular formula is C15H24N4O2. The summed E-state index contributed by atoms with van der Waals surface area (Å²) in [5.41, 5.74) is 6.42. The Balaban J connectivity index is 2.45. The van der Waals surface area contributed by atoms with Gasteiger partial charge in [0.15, 0.2) is 5.96 Å². The van der Waals surface area contributed by atoms with Crippen molar-refractivity contribution in [2.75, 3.05) is 33.3 Å². The smallest absolute Gasteiger partial charge is 0.251 e. The van der Waals surface area contributed by atoms with Crippen molar-refractivity contribution in [3.63, 3.8) is 0 Å². The maximum absolute atomic E-state index is 11.9. The van der Waals surface area contributed by atoms with Crippen molar-refractivity contribution in [1.82, 2.24) is 10.2 Å². The minimum absolute atomic E-state index is 0.148. The second kappa shape index (κ2) is 8.84. The normalized spacial score (nSPS) is 11.1. The van der Waals surface area contributed by atoms with Gasteiger partial charge in [-0.1, -0.05) is 6.07 Å². The standard InChI is InChI=1S/C15H24N4O2/c1-4-19(5-2)15(16)18-10-9-17-14(20)12-7-6-8-13(11-12)21-3/h6-8,11H,4-5,9-10H2,1-3H3,(H2,16,18)(H,17,20). The van der Waals surface area contributed by atoms with Crippen LogP contribution in [-0.2, 0) is 0 Å². The Morgan fingerprint density at radius 3 is 2.71 bits per heavy atom. The molecule has 0 heterocycles. The van der Waals surface area contributed by atoms with Crippen molar-refractivity contribution in [2.24, 2.45) is 10.7 Å². The maximum Gasteiger partial charge on any atom is 0.251 e. The third-order valence-corrected chi connectivity index (χ3v) is 3.09. The van der Waals surface area contributed by atoms with Gasteiger partial charge in [-0.05, 0) is 32.0 Å². The number of aliphatic imine (C=N–C) groups is 1. The number of hydrogen-bond acceptors (Lipinski definition) is 3. The van der Waals surface area contributed by atoms with Gasteiger partial charge >= 0.3 is 0 Å². The summed E-state index contributed by atoms with van der Waals surface area (Å²) in [5.74, 6) is 1.02. The third kappa shape index (κ3) is 5.33. The number of hydrogen-bond donors (Lipinski definition) is 2. The van der Waals surface area contributed by atoms with Crippen LogP contribution in [0.15, 0.2) is 29.3 Å². The van der Waals surface area contributed by atoms with Gasteiger partial charge in [-0.3, -0.25) is 9.79 Å². The van der Waals surface area contributed by atoms with Crippen molar-refractivity contribution < 1.29 is 9.53 Å². The summed E-state index contributed by atoms with van der Waals surface area (Å²) in [6, 6.07) is 7.02. The van der Waals surface area contributed by atoms with Gasteiger partial charge in [-0.15, -0.1) is 0 Å². The van der Waals surface area contributed by atoms with Crippen molar-refractivity contribution in [3.05, 3.63) is 29.8 Å². The van der Waals surface area contributed by atoms with E-state index in [1.165, 1.54) is 0 Å². The first kappa shape index (κ1) is 16.8. The van der Waals surface area contributed by atoms with Gasteiger partial charge in [0.2, 0.25) is 0 Å². The molecular weight excluding hydrogens is 268 g/mol. The van der Waals surface area contributed by atoms with Crippen molar-refractivity contribution >= 4 is 11.9 Å². The number of nitrogens with one attached hydrogen (secondary N) is 1. The zero-order valence-corrected chi connectivity index (χ0v) is 12.9. The molecule has 0 unspecified atom stereocenters. The monoisotopic (exact) mass is 292 g/mol. The lowest BCUT2D eigenvalue weighted by Crippen LogP contribution is -2.37. The minimum atomic E-state index is -0.148. The highest BCUT2D eigenvalue weighted by molar-refractivity contribution is 5.94. The Hall–Kier alpha value is -2.24. The second-order valence-corrected chi connectivity index (χ2v) is 4.40. The maximum atomic E-state index is 11.9. The van der Waals surface area contributed by atoms with Crippen LogP contribution in [-0.4, -0.2) is 50.1 Å². The van der Waals surface area contributed by atoms with Crippen LogP contribution in [0.5, 0.6) is 5.75 Å². The fourth-order valence-electron chi connectivity index (χ4n) is 1.85. The van der Waals surface area contributed by atoms with E-state index in [4.69, 9.17) is 10.5 Å². The third-order valence-electron chi connectivity index (χ3n) is 3.09. The molecule has 0 saturated heterocycles. The molecule has 0 aliphatic carbocycles. The van der Waals surface area contributed by atoms with E-state index in [0.717, 1.165) is 13.1 Å². The molecule has 21 heavy (non-hydrogen) atoms. The van der Waals surface area contributed by atoms with E-state index < -0.39 is 0 Å². The van der Waals surface area contributed by atoms with E-state index in [9.17, 15) is 4.79 Å². The SMILES string of the molecule is CCN(CC)C(N)=NCCNC(=O)c1cccc(OC)c1. The number of nitrogens with two attached hydrogens (primary N) is 1. The molecule has 3 N–H and O–H groups in total. The summed E-state index contributed by atoms with van der Waals surface area (Å²) in [7, 11) is 1.57. The number of methoxy groups -OCH3 is 1. The van der Waals surface area contributed by atoms with Crippen LogP contribution >= 0.6 is 0 Å². The van der Waals surface area contributed by atoms with Gasteiger partial charge in [0.05, 0.1) is 13.7 Å². The summed E-state index contributed by atoms with van der Waals surface area (Å²) in [6.45, 7) is 6.59. The number of amides is 1. The average Bonchev–Trinajstić information content (AvgIpc) is 2.52. The number of benzene rings is 1. The van der Waals surface area contributed by atoms with Gasteiger partial charge in [0, 0.05) is 25.2 Å². The van der Waals surface area contributed by atoms with E-state index in [1.807, 2.05) is 18.7 Å². The lowest BCUT2D eigenvalue weighted by atomic mass is 10.2. The van der Waals surface area contributed by atoms with Crippen LogP contribution in [0.3, 0.4) is 0 Å². The van der Waals surface area contributed by atoms with Gasteiger partial charge in [0.25, 0.3) is 5.91 Å². The number of nitrogens with zero attached hydrogens (tertiary/aromatic N) is 2. The predicted molar refractivity (Wildman–Crippen MR) is 84.7 cm³/mol. The highest BCUT2D eigenvalue weighted by atomic mass is 16.5. The molecule has 1 rings (SSSR count). The Bertz CT molecular complexity index is 484. The van der Waals surface area contributed by atoms with Crippen LogP contribution in [0.1, 0.15) is 24.2 Å². The summed E-state index contributed by atoms with van der Waals surface area (Å²) in [6.07, 6.45) is 0. The second-order valence-electron chi connectivity index (χ2n) is 4.40. The lowest BCUT2D eigenvalue weighted by Gasteiger charge is -2.19. The van der Waals surface area contributed by atoms with Crippen molar-refractivity contribution in [3.8, 4) is 5.75 Å². The van der Waals surface area contributed by atoms with E-state index >= 15 is 0 Å². The molecule has 0 aliphatic rings. The first-order valence-corrected chi connectivity index (χ1v) is 7.09. The van der Waals surface area contributed by atoms with Gasteiger partial charge in [-0.25, -0.2) is 0 Å². The van der Waals surface area contributed by atoms with Crippen LogP contribution in [0.25, 0.3) is 0 Å². The molecule has 116 valence electrons. The number of carbonyl (C=O) groups is 1. The topological polar surface area (TPSA) is 80.0 Å². The van der Waals surface area contributed by atoms with Gasteiger partial charge < -0.3 is 20.7 Å². The highest BCUT2D eigenvalue weighted by Crippen LogP contribution is 2.12. The van der Waals surface area contributed by atoms with Crippen molar-refractivity contribution in [1.29, 1.82) is 0 Å². The summed E-state index contributed by atoms with van der Waals surface area (Å²) in [4.78, 5) is 18.2. The summed E-state index contributed by atoms with van der Waals surface area (Å²) in [5, 5.41) is 2.80. The molecule has 0 fully saturated rings. The average molecular weight is 292 g/mol.